The van der Waals surface area contributed by atoms with E-state index in [2.05, 4.69) is 66.3 Å². The number of para-hydroxylation sites is 1. The molecule has 0 saturated heterocycles. The summed E-state index contributed by atoms with van der Waals surface area (Å²) in [5.74, 6) is 1.74. The van der Waals surface area contributed by atoms with Crippen molar-refractivity contribution in [1.29, 1.82) is 0 Å². The van der Waals surface area contributed by atoms with Crippen LogP contribution in [0.2, 0.25) is 0 Å². The van der Waals surface area contributed by atoms with E-state index in [9.17, 15) is 0 Å². The molecular formula is C21H20N2OS. The van der Waals surface area contributed by atoms with Gasteiger partial charge in [0.2, 0.25) is 0 Å². The second-order valence-corrected chi connectivity index (χ2v) is 7.16. The topological polar surface area (TPSA) is 28.7 Å². The molecule has 0 radical (unpaired) electrons. The third-order valence-corrected chi connectivity index (χ3v) is 5.52. The molecule has 1 aromatic rings. The molecular weight excluding hydrogens is 328 g/mol. The molecule has 0 bridgehead atoms. The van der Waals surface area contributed by atoms with E-state index < -0.39 is 0 Å². The highest BCUT2D eigenvalue weighted by Crippen LogP contribution is 2.45. The van der Waals surface area contributed by atoms with Crippen LogP contribution in [0.25, 0.3) is 17.4 Å². The van der Waals surface area contributed by atoms with Crippen LogP contribution in [0.5, 0.6) is 0 Å². The van der Waals surface area contributed by atoms with Crippen LogP contribution >= 0.6 is 11.8 Å². The molecule has 0 amide bonds. The minimum absolute atomic E-state index is 0.772. The third-order valence-electron chi connectivity index (χ3n) is 4.35. The molecule has 0 atom stereocenters. The number of rotatable bonds is 2. The molecule has 0 aromatic heterocycles. The first-order valence-corrected chi connectivity index (χ1v) is 9.24. The SMILES string of the molecule is CCN=c1ccc2c(C)cc(/C=C3/Sc4ccccc4N3C)oc-2c1. The highest BCUT2D eigenvalue weighted by atomic mass is 32.2. The summed E-state index contributed by atoms with van der Waals surface area (Å²) in [6.45, 7) is 4.93. The van der Waals surface area contributed by atoms with Crippen LogP contribution in [-0.2, 0) is 0 Å². The van der Waals surface area contributed by atoms with E-state index in [1.165, 1.54) is 16.1 Å². The minimum atomic E-state index is 0.772. The van der Waals surface area contributed by atoms with Crippen LogP contribution in [0.1, 0.15) is 18.2 Å². The molecule has 0 fully saturated rings. The summed E-state index contributed by atoms with van der Waals surface area (Å²) >= 11 is 1.77. The van der Waals surface area contributed by atoms with Gasteiger partial charge >= 0.3 is 0 Å². The van der Waals surface area contributed by atoms with Crippen LogP contribution < -0.4 is 10.3 Å². The average molecular weight is 348 g/mol. The Morgan fingerprint density at radius 1 is 1.16 bits per heavy atom. The minimum Gasteiger partial charge on any atom is -0.457 e. The second kappa shape index (κ2) is 6.45. The molecule has 0 spiro atoms. The number of nitrogens with zero attached hydrogens (tertiary/aromatic N) is 2. The summed E-state index contributed by atoms with van der Waals surface area (Å²) in [6.07, 6.45) is 2.11. The fourth-order valence-electron chi connectivity index (χ4n) is 3.09. The van der Waals surface area contributed by atoms with E-state index in [4.69, 9.17) is 4.42 Å². The molecule has 0 N–H and O–H groups in total. The molecule has 25 heavy (non-hydrogen) atoms. The smallest absolute Gasteiger partial charge is 0.137 e. The summed E-state index contributed by atoms with van der Waals surface area (Å²) < 4.78 is 6.16. The van der Waals surface area contributed by atoms with Crippen molar-refractivity contribution in [2.45, 2.75) is 18.7 Å². The number of benzene rings is 2. The number of aryl methyl sites for hydroxylation is 1. The number of hydrogen-bond donors (Lipinski definition) is 0. The lowest BCUT2D eigenvalue weighted by molar-refractivity contribution is 0.552. The molecule has 0 unspecified atom stereocenters. The highest BCUT2D eigenvalue weighted by Gasteiger charge is 2.21. The maximum Gasteiger partial charge on any atom is 0.137 e. The van der Waals surface area contributed by atoms with Crippen LogP contribution in [0.3, 0.4) is 0 Å². The van der Waals surface area contributed by atoms with Gasteiger partial charge in [0, 0.05) is 36.2 Å². The summed E-state index contributed by atoms with van der Waals surface area (Å²) in [7, 11) is 2.09. The number of anilines is 1. The van der Waals surface area contributed by atoms with E-state index in [0.717, 1.165) is 34.0 Å². The van der Waals surface area contributed by atoms with Gasteiger partial charge in [0.1, 0.15) is 11.5 Å². The molecule has 4 rings (SSSR count). The lowest BCUT2D eigenvalue weighted by Gasteiger charge is -2.14. The molecule has 0 saturated carbocycles. The Morgan fingerprint density at radius 3 is 2.80 bits per heavy atom. The van der Waals surface area contributed by atoms with Gasteiger partial charge in [-0.15, -0.1) is 0 Å². The summed E-state index contributed by atoms with van der Waals surface area (Å²) in [5.41, 5.74) is 3.58. The lowest BCUT2D eigenvalue weighted by atomic mass is 10.0. The highest BCUT2D eigenvalue weighted by molar-refractivity contribution is 8.03. The van der Waals surface area contributed by atoms with Gasteiger partial charge in [-0.1, -0.05) is 23.9 Å². The Kier molecular flexibility index (Phi) is 4.14. The molecule has 4 heteroatoms. The molecule has 1 aromatic carbocycles. The zero-order valence-corrected chi connectivity index (χ0v) is 15.4. The van der Waals surface area contributed by atoms with Crippen LogP contribution in [0.15, 0.2) is 67.9 Å². The Hall–Kier alpha value is -2.46. The first-order chi connectivity index (χ1) is 12.2. The number of fused-ring (bicyclic) bond motifs is 2. The summed E-state index contributed by atoms with van der Waals surface area (Å²) in [5, 5.41) is 2.13. The maximum absolute atomic E-state index is 6.16. The van der Waals surface area contributed by atoms with Gasteiger partial charge in [0.05, 0.1) is 16.1 Å². The molecule has 2 heterocycles. The molecule has 3 nitrogen and oxygen atoms in total. The summed E-state index contributed by atoms with van der Waals surface area (Å²) in [4.78, 5) is 7.95. The Bertz CT molecular complexity index is 1000. The van der Waals surface area contributed by atoms with Crippen LogP contribution in [0.4, 0.5) is 5.69 Å². The van der Waals surface area contributed by atoms with Gasteiger partial charge in [-0.05, 0) is 49.7 Å². The van der Waals surface area contributed by atoms with Crippen molar-refractivity contribution in [1.82, 2.24) is 0 Å². The quantitative estimate of drug-likeness (QED) is 0.641. The molecule has 2 aliphatic heterocycles. The summed E-state index contributed by atoms with van der Waals surface area (Å²) in [6, 6.07) is 16.7. The second-order valence-electron chi connectivity index (χ2n) is 6.10. The van der Waals surface area contributed by atoms with Crippen molar-refractivity contribution < 1.29 is 4.42 Å². The zero-order chi connectivity index (χ0) is 17.4. The van der Waals surface area contributed by atoms with E-state index in [1.807, 2.05) is 19.1 Å². The number of thioether (sulfide) groups is 1. The van der Waals surface area contributed by atoms with Crippen molar-refractivity contribution in [2.24, 2.45) is 4.99 Å². The van der Waals surface area contributed by atoms with Crippen molar-refractivity contribution in [2.75, 3.05) is 18.5 Å². The largest absolute Gasteiger partial charge is 0.457 e. The lowest BCUT2D eigenvalue weighted by Crippen LogP contribution is -2.09. The fraction of sp³-hybridized carbons (Fsp3) is 0.190. The monoisotopic (exact) mass is 348 g/mol. The van der Waals surface area contributed by atoms with Gasteiger partial charge in [0.15, 0.2) is 0 Å². The molecule has 3 aliphatic rings. The van der Waals surface area contributed by atoms with Crippen molar-refractivity contribution in [3.05, 3.63) is 70.2 Å². The van der Waals surface area contributed by atoms with Crippen molar-refractivity contribution in [3.8, 4) is 11.3 Å². The Labute approximate surface area is 152 Å². The van der Waals surface area contributed by atoms with Gasteiger partial charge in [0.25, 0.3) is 0 Å². The van der Waals surface area contributed by atoms with E-state index in [0.29, 0.717) is 0 Å². The van der Waals surface area contributed by atoms with Gasteiger partial charge in [-0.25, -0.2) is 0 Å². The standard InChI is InChI=1S/C21H20N2OS/c1-4-22-15-9-10-17-14(2)11-16(24-19(17)12-15)13-21-23(3)18-7-5-6-8-20(18)25-21/h5-13H,4H2,1-3H3/b21-13+,22-15?. The van der Waals surface area contributed by atoms with Gasteiger partial charge in [-0.2, -0.15) is 0 Å². The number of hydrogen-bond acceptors (Lipinski definition) is 4. The normalized spacial score (nSPS) is 16.0. The zero-order valence-electron chi connectivity index (χ0n) is 14.6. The van der Waals surface area contributed by atoms with Crippen molar-refractivity contribution >= 4 is 23.5 Å². The van der Waals surface area contributed by atoms with Crippen molar-refractivity contribution in [3.63, 3.8) is 0 Å². The van der Waals surface area contributed by atoms with Crippen LogP contribution in [-0.4, -0.2) is 13.6 Å². The first kappa shape index (κ1) is 16.0. The van der Waals surface area contributed by atoms with E-state index >= 15 is 0 Å². The van der Waals surface area contributed by atoms with E-state index in [1.54, 1.807) is 11.8 Å². The molecule has 126 valence electrons. The van der Waals surface area contributed by atoms with E-state index in [-0.39, 0.29) is 0 Å². The van der Waals surface area contributed by atoms with Gasteiger partial charge < -0.3 is 9.32 Å². The fourth-order valence-corrected chi connectivity index (χ4v) is 4.18. The Balaban J connectivity index is 1.78. The molecule has 1 aliphatic carbocycles. The van der Waals surface area contributed by atoms with Gasteiger partial charge in [-0.3, -0.25) is 4.99 Å². The third kappa shape index (κ3) is 2.98. The maximum atomic E-state index is 6.16. The predicted octanol–water partition coefficient (Wildman–Crippen LogP) is 5.15. The average Bonchev–Trinajstić information content (AvgIpc) is 2.91. The Morgan fingerprint density at radius 2 is 2.00 bits per heavy atom. The first-order valence-electron chi connectivity index (χ1n) is 8.43. The predicted molar refractivity (Wildman–Crippen MR) is 105 cm³/mol. The van der Waals surface area contributed by atoms with Crippen LogP contribution in [0, 0.1) is 6.92 Å².